The molecule has 0 aromatic heterocycles. The maximum absolute atomic E-state index is 5.35. The van der Waals surface area contributed by atoms with Gasteiger partial charge in [-0.25, -0.2) is 0 Å². The van der Waals surface area contributed by atoms with Crippen LogP contribution < -0.4 is 10.1 Å². The van der Waals surface area contributed by atoms with Crippen LogP contribution >= 0.6 is 0 Å². The van der Waals surface area contributed by atoms with Crippen molar-refractivity contribution < 1.29 is 4.74 Å². The molecular weight excluding hydrogens is 198 g/mol. The van der Waals surface area contributed by atoms with Crippen LogP contribution in [-0.2, 0) is 6.54 Å². The lowest BCUT2D eigenvalue weighted by Gasteiger charge is -2.10. The predicted octanol–water partition coefficient (Wildman–Crippen LogP) is 2.75. The Morgan fingerprint density at radius 1 is 1.44 bits per heavy atom. The van der Waals surface area contributed by atoms with Gasteiger partial charge >= 0.3 is 0 Å². The minimum Gasteiger partial charge on any atom is -0.496 e. The van der Waals surface area contributed by atoms with E-state index in [4.69, 9.17) is 4.74 Å². The van der Waals surface area contributed by atoms with Gasteiger partial charge in [0.15, 0.2) is 0 Å². The molecule has 88 valence electrons. The Morgan fingerprint density at radius 2 is 2.19 bits per heavy atom. The maximum atomic E-state index is 5.35. The van der Waals surface area contributed by atoms with Gasteiger partial charge in [0, 0.05) is 12.1 Å². The first-order valence-electron chi connectivity index (χ1n) is 6.05. The third-order valence-corrected chi connectivity index (χ3v) is 3.43. The normalized spacial score (nSPS) is 23.2. The molecule has 1 aliphatic rings. The number of methoxy groups -OCH3 is 1. The van der Waals surface area contributed by atoms with Crippen molar-refractivity contribution in [1.82, 2.24) is 5.32 Å². The van der Waals surface area contributed by atoms with E-state index in [9.17, 15) is 0 Å². The Morgan fingerprint density at radius 3 is 2.81 bits per heavy atom. The van der Waals surface area contributed by atoms with E-state index in [0.29, 0.717) is 0 Å². The molecule has 16 heavy (non-hydrogen) atoms. The van der Waals surface area contributed by atoms with Gasteiger partial charge in [-0.15, -0.1) is 0 Å². The van der Waals surface area contributed by atoms with Crippen LogP contribution in [0.5, 0.6) is 5.75 Å². The zero-order chi connectivity index (χ0) is 11.5. The molecule has 2 atom stereocenters. The van der Waals surface area contributed by atoms with Crippen LogP contribution in [0.4, 0.5) is 0 Å². The highest BCUT2D eigenvalue weighted by molar-refractivity contribution is 5.36. The average Bonchev–Trinajstić information content (AvgIpc) is 2.95. The van der Waals surface area contributed by atoms with Crippen LogP contribution in [0, 0.1) is 18.8 Å². The summed E-state index contributed by atoms with van der Waals surface area (Å²) in [6, 6.07) is 6.33. The van der Waals surface area contributed by atoms with Crippen molar-refractivity contribution in [1.29, 1.82) is 0 Å². The van der Waals surface area contributed by atoms with E-state index in [-0.39, 0.29) is 0 Å². The van der Waals surface area contributed by atoms with Crippen molar-refractivity contribution >= 4 is 0 Å². The molecular formula is C14H21NO. The summed E-state index contributed by atoms with van der Waals surface area (Å²) in [5, 5.41) is 3.52. The quantitative estimate of drug-likeness (QED) is 0.822. The van der Waals surface area contributed by atoms with Gasteiger partial charge in [0.05, 0.1) is 7.11 Å². The number of ether oxygens (including phenoxy) is 1. The van der Waals surface area contributed by atoms with Crippen molar-refractivity contribution in [3.8, 4) is 5.75 Å². The van der Waals surface area contributed by atoms with Gasteiger partial charge in [-0.05, 0) is 37.8 Å². The molecule has 0 spiro atoms. The van der Waals surface area contributed by atoms with Crippen LogP contribution in [0.25, 0.3) is 0 Å². The number of benzene rings is 1. The minimum absolute atomic E-state index is 0.899. The van der Waals surface area contributed by atoms with Gasteiger partial charge in [-0.3, -0.25) is 0 Å². The number of hydrogen-bond donors (Lipinski definition) is 1. The number of nitrogens with one attached hydrogen (secondary N) is 1. The first-order chi connectivity index (χ1) is 7.70. The summed E-state index contributed by atoms with van der Waals surface area (Å²) >= 11 is 0. The van der Waals surface area contributed by atoms with Crippen molar-refractivity contribution in [3.63, 3.8) is 0 Å². The summed E-state index contributed by atoms with van der Waals surface area (Å²) in [6.45, 7) is 6.48. The van der Waals surface area contributed by atoms with Crippen LogP contribution in [0.1, 0.15) is 24.5 Å². The molecule has 1 fully saturated rings. The van der Waals surface area contributed by atoms with Gasteiger partial charge in [0.2, 0.25) is 0 Å². The third kappa shape index (κ3) is 2.76. The Kier molecular flexibility index (Phi) is 3.49. The smallest absolute Gasteiger partial charge is 0.123 e. The molecule has 1 N–H and O–H groups in total. The van der Waals surface area contributed by atoms with E-state index in [0.717, 1.165) is 30.7 Å². The fourth-order valence-electron chi connectivity index (χ4n) is 2.12. The highest BCUT2D eigenvalue weighted by Gasteiger charge is 2.31. The van der Waals surface area contributed by atoms with Crippen LogP contribution in [0.3, 0.4) is 0 Å². The summed E-state index contributed by atoms with van der Waals surface area (Å²) in [5.41, 5.74) is 2.55. The molecule has 2 unspecified atom stereocenters. The monoisotopic (exact) mass is 219 g/mol. The van der Waals surface area contributed by atoms with Gasteiger partial charge in [-0.2, -0.15) is 0 Å². The SMILES string of the molecule is COc1ccc(C)cc1CNCC1CC1C. The zero-order valence-corrected chi connectivity index (χ0v) is 10.4. The van der Waals surface area contributed by atoms with Gasteiger partial charge in [0.25, 0.3) is 0 Å². The largest absolute Gasteiger partial charge is 0.496 e. The van der Waals surface area contributed by atoms with E-state index in [2.05, 4.69) is 31.3 Å². The lowest BCUT2D eigenvalue weighted by Crippen LogP contribution is -2.17. The molecule has 0 bridgehead atoms. The van der Waals surface area contributed by atoms with Crippen LogP contribution in [0.2, 0.25) is 0 Å². The van der Waals surface area contributed by atoms with E-state index in [1.807, 2.05) is 6.07 Å². The Balaban J connectivity index is 1.89. The molecule has 0 aliphatic heterocycles. The van der Waals surface area contributed by atoms with Gasteiger partial charge < -0.3 is 10.1 Å². The van der Waals surface area contributed by atoms with Gasteiger partial charge in [0.1, 0.15) is 5.75 Å². The molecule has 0 saturated heterocycles. The highest BCUT2D eigenvalue weighted by atomic mass is 16.5. The van der Waals surface area contributed by atoms with Crippen LogP contribution in [0.15, 0.2) is 18.2 Å². The molecule has 2 rings (SSSR count). The summed E-state index contributed by atoms with van der Waals surface area (Å²) in [5.74, 6) is 2.81. The topological polar surface area (TPSA) is 21.3 Å². The standard InChI is InChI=1S/C14H21NO/c1-10-4-5-14(16-3)13(6-10)9-15-8-12-7-11(12)2/h4-6,11-12,15H,7-9H2,1-3H3. The van der Waals surface area contributed by atoms with E-state index >= 15 is 0 Å². The molecule has 1 saturated carbocycles. The third-order valence-electron chi connectivity index (χ3n) is 3.43. The molecule has 0 heterocycles. The Labute approximate surface area is 98.0 Å². The van der Waals surface area contributed by atoms with Crippen molar-refractivity contribution in [2.45, 2.75) is 26.8 Å². The highest BCUT2D eigenvalue weighted by Crippen LogP contribution is 2.36. The molecule has 0 amide bonds. The number of aryl methyl sites for hydroxylation is 1. The summed E-state index contributed by atoms with van der Waals surface area (Å²) in [7, 11) is 1.73. The Hall–Kier alpha value is -1.02. The van der Waals surface area contributed by atoms with Crippen molar-refractivity contribution in [2.24, 2.45) is 11.8 Å². The fraction of sp³-hybridized carbons (Fsp3) is 0.571. The maximum Gasteiger partial charge on any atom is 0.123 e. The van der Waals surface area contributed by atoms with E-state index < -0.39 is 0 Å². The summed E-state index contributed by atoms with van der Waals surface area (Å²) in [6.07, 6.45) is 1.39. The number of rotatable bonds is 5. The first-order valence-corrected chi connectivity index (χ1v) is 6.05. The average molecular weight is 219 g/mol. The molecule has 0 radical (unpaired) electrons. The zero-order valence-electron chi connectivity index (χ0n) is 10.4. The Bertz CT molecular complexity index is 362. The minimum atomic E-state index is 0.899. The molecule has 2 nitrogen and oxygen atoms in total. The second kappa shape index (κ2) is 4.88. The molecule has 2 heteroatoms. The second-order valence-electron chi connectivity index (χ2n) is 4.92. The molecule has 1 aromatic carbocycles. The summed E-state index contributed by atoms with van der Waals surface area (Å²) < 4.78 is 5.35. The molecule has 1 aromatic rings. The van der Waals surface area contributed by atoms with Crippen molar-refractivity contribution in [2.75, 3.05) is 13.7 Å². The second-order valence-corrected chi connectivity index (χ2v) is 4.92. The van der Waals surface area contributed by atoms with Crippen molar-refractivity contribution in [3.05, 3.63) is 29.3 Å². The van der Waals surface area contributed by atoms with E-state index in [1.54, 1.807) is 7.11 Å². The first kappa shape index (κ1) is 11.5. The van der Waals surface area contributed by atoms with Gasteiger partial charge in [-0.1, -0.05) is 24.6 Å². The van der Waals surface area contributed by atoms with Crippen LogP contribution in [-0.4, -0.2) is 13.7 Å². The van der Waals surface area contributed by atoms with E-state index in [1.165, 1.54) is 17.5 Å². The summed E-state index contributed by atoms with van der Waals surface area (Å²) in [4.78, 5) is 0. The lowest BCUT2D eigenvalue weighted by atomic mass is 10.1. The number of hydrogen-bond acceptors (Lipinski definition) is 2. The fourth-order valence-corrected chi connectivity index (χ4v) is 2.12. The lowest BCUT2D eigenvalue weighted by molar-refractivity contribution is 0.407. The predicted molar refractivity (Wildman–Crippen MR) is 66.7 cm³/mol. The molecule has 1 aliphatic carbocycles.